The van der Waals surface area contributed by atoms with Crippen LogP contribution >= 0.6 is 0 Å². The maximum absolute atomic E-state index is 10.3. The van der Waals surface area contributed by atoms with E-state index in [-0.39, 0.29) is 6.10 Å². The first kappa shape index (κ1) is 15.4. The second-order valence-corrected chi connectivity index (χ2v) is 8.06. The molecule has 0 radical (unpaired) electrons. The van der Waals surface area contributed by atoms with Crippen LogP contribution in [0.25, 0.3) is 0 Å². The van der Waals surface area contributed by atoms with Crippen molar-refractivity contribution in [2.45, 2.75) is 85.2 Å². The highest BCUT2D eigenvalue weighted by molar-refractivity contribution is 5.01. The van der Waals surface area contributed by atoms with Crippen LogP contribution in [0.5, 0.6) is 0 Å². The summed E-state index contributed by atoms with van der Waals surface area (Å²) in [6.45, 7) is 9.61. The largest absolute Gasteiger partial charge is 0.393 e. The van der Waals surface area contributed by atoms with Crippen molar-refractivity contribution in [3.05, 3.63) is 0 Å². The monoisotopic (exact) mass is 266 g/mol. The lowest BCUT2D eigenvalue weighted by molar-refractivity contribution is -0.0278. The van der Waals surface area contributed by atoms with Crippen molar-refractivity contribution in [2.24, 2.45) is 29.1 Å². The Labute approximate surface area is 120 Å². The molecule has 0 heterocycles. The maximum Gasteiger partial charge on any atom is 0.0573 e. The molecule has 2 rings (SSSR count). The molecule has 5 atom stereocenters. The van der Waals surface area contributed by atoms with E-state index < -0.39 is 0 Å². The maximum atomic E-state index is 10.3. The van der Waals surface area contributed by atoms with Gasteiger partial charge in [-0.2, -0.15) is 0 Å². The van der Waals surface area contributed by atoms with Crippen molar-refractivity contribution in [2.75, 3.05) is 0 Å². The predicted octanol–water partition coefficient (Wildman–Crippen LogP) is 5.03. The highest BCUT2D eigenvalue weighted by Gasteiger charge is 2.51. The van der Waals surface area contributed by atoms with Crippen molar-refractivity contribution < 1.29 is 5.11 Å². The highest BCUT2D eigenvalue weighted by Crippen LogP contribution is 2.58. The summed E-state index contributed by atoms with van der Waals surface area (Å²) in [4.78, 5) is 0. The van der Waals surface area contributed by atoms with Crippen molar-refractivity contribution in [1.82, 2.24) is 0 Å². The van der Waals surface area contributed by atoms with E-state index in [4.69, 9.17) is 0 Å². The van der Waals surface area contributed by atoms with Gasteiger partial charge in [-0.25, -0.2) is 0 Å². The molecule has 2 fully saturated rings. The fraction of sp³-hybridized carbons (Fsp3) is 1.00. The van der Waals surface area contributed by atoms with Gasteiger partial charge in [0, 0.05) is 0 Å². The Hall–Kier alpha value is -0.0400. The van der Waals surface area contributed by atoms with Gasteiger partial charge in [0.15, 0.2) is 0 Å². The Balaban J connectivity index is 1.93. The first-order chi connectivity index (χ1) is 8.95. The number of hydrogen-bond donors (Lipinski definition) is 1. The molecule has 1 nitrogen and oxygen atoms in total. The summed E-state index contributed by atoms with van der Waals surface area (Å²) in [6.07, 6.45) is 10.4. The van der Waals surface area contributed by atoms with Gasteiger partial charge in [0.1, 0.15) is 0 Å². The summed E-state index contributed by atoms with van der Waals surface area (Å²) in [6, 6.07) is 0. The lowest BCUT2D eigenvalue weighted by atomic mass is 9.61. The van der Waals surface area contributed by atoms with Gasteiger partial charge in [-0.1, -0.05) is 53.4 Å². The number of aliphatic hydroxyl groups is 1. The third-order valence-corrected chi connectivity index (χ3v) is 6.29. The van der Waals surface area contributed by atoms with Crippen molar-refractivity contribution in [3.8, 4) is 0 Å². The molecule has 112 valence electrons. The van der Waals surface area contributed by atoms with E-state index in [0.29, 0.717) is 11.3 Å². The first-order valence-corrected chi connectivity index (χ1v) is 8.63. The highest BCUT2D eigenvalue weighted by atomic mass is 16.3. The SMILES string of the molecule is CC(C)CCC[C@@H](C)[C@H]1CC[C@H]2[C@H](O)CCC[C@]12C. The molecule has 2 saturated carbocycles. The summed E-state index contributed by atoms with van der Waals surface area (Å²) in [5, 5.41) is 10.3. The van der Waals surface area contributed by atoms with E-state index in [1.54, 1.807) is 0 Å². The van der Waals surface area contributed by atoms with Gasteiger partial charge < -0.3 is 5.11 Å². The fourth-order valence-corrected chi connectivity index (χ4v) is 5.17. The molecule has 2 aliphatic carbocycles. The average molecular weight is 266 g/mol. The molecule has 0 saturated heterocycles. The molecule has 0 aromatic heterocycles. The van der Waals surface area contributed by atoms with Crippen molar-refractivity contribution >= 4 is 0 Å². The minimum atomic E-state index is -0.00776. The zero-order valence-electron chi connectivity index (χ0n) is 13.5. The fourth-order valence-electron chi connectivity index (χ4n) is 5.17. The van der Waals surface area contributed by atoms with Crippen molar-refractivity contribution in [3.63, 3.8) is 0 Å². The van der Waals surface area contributed by atoms with Crippen LogP contribution < -0.4 is 0 Å². The Morgan fingerprint density at radius 3 is 2.53 bits per heavy atom. The van der Waals surface area contributed by atoms with Crippen LogP contribution in [0.4, 0.5) is 0 Å². The number of hydrogen-bond acceptors (Lipinski definition) is 1. The van der Waals surface area contributed by atoms with Gasteiger partial charge in [0.2, 0.25) is 0 Å². The Kier molecular flexibility index (Phi) is 4.98. The predicted molar refractivity (Wildman–Crippen MR) is 82.0 cm³/mol. The van der Waals surface area contributed by atoms with E-state index in [1.807, 2.05) is 0 Å². The molecule has 19 heavy (non-hydrogen) atoms. The van der Waals surface area contributed by atoms with Crippen molar-refractivity contribution in [1.29, 1.82) is 0 Å². The van der Waals surface area contributed by atoms with E-state index >= 15 is 0 Å². The van der Waals surface area contributed by atoms with Gasteiger partial charge in [-0.3, -0.25) is 0 Å². The Bertz CT molecular complexity index is 285. The number of rotatable bonds is 5. The van der Waals surface area contributed by atoms with E-state index in [2.05, 4.69) is 27.7 Å². The summed E-state index contributed by atoms with van der Waals surface area (Å²) < 4.78 is 0. The van der Waals surface area contributed by atoms with E-state index in [9.17, 15) is 5.11 Å². The van der Waals surface area contributed by atoms with Gasteiger partial charge in [0.05, 0.1) is 6.10 Å². The smallest absolute Gasteiger partial charge is 0.0573 e. The van der Waals surface area contributed by atoms with Crippen LogP contribution in [0.2, 0.25) is 0 Å². The third kappa shape index (κ3) is 3.17. The molecule has 2 aliphatic rings. The molecular weight excluding hydrogens is 232 g/mol. The summed E-state index contributed by atoms with van der Waals surface area (Å²) in [5.74, 6) is 3.15. The van der Waals surface area contributed by atoms with Gasteiger partial charge in [-0.05, 0) is 54.8 Å². The Morgan fingerprint density at radius 1 is 1.11 bits per heavy atom. The van der Waals surface area contributed by atoms with Crippen LogP contribution in [0.15, 0.2) is 0 Å². The molecule has 0 aromatic rings. The molecule has 1 heteroatoms. The molecule has 1 N–H and O–H groups in total. The minimum absolute atomic E-state index is 0.00776. The van der Waals surface area contributed by atoms with Gasteiger partial charge in [-0.15, -0.1) is 0 Å². The van der Waals surface area contributed by atoms with Crippen LogP contribution in [-0.4, -0.2) is 11.2 Å². The minimum Gasteiger partial charge on any atom is -0.393 e. The molecule has 0 spiro atoms. The zero-order chi connectivity index (χ0) is 14.0. The number of fused-ring (bicyclic) bond motifs is 1. The lowest BCUT2D eigenvalue weighted by Crippen LogP contribution is -2.41. The quantitative estimate of drug-likeness (QED) is 0.740. The summed E-state index contributed by atoms with van der Waals surface area (Å²) in [5.41, 5.74) is 0.439. The standard InChI is InChI=1S/C18H34O/c1-13(2)7-5-8-14(3)15-10-11-16-17(19)9-6-12-18(15,16)4/h13-17,19H,5-12H2,1-4H3/t14-,15-,16+,17-,18-/m1/s1. The van der Waals surface area contributed by atoms with Crippen LogP contribution in [0, 0.1) is 29.1 Å². The Morgan fingerprint density at radius 2 is 1.84 bits per heavy atom. The summed E-state index contributed by atoms with van der Waals surface area (Å²) >= 11 is 0. The molecule has 0 unspecified atom stereocenters. The first-order valence-electron chi connectivity index (χ1n) is 8.63. The normalized spacial score (nSPS) is 40.4. The molecule has 0 bridgehead atoms. The molecular formula is C18H34O. The third-order valence-electron chi connectivity index (χ3n) is 6.29. The molecule has 0 aromatic carbocycles. The van der Waals surface area contributed by atoms with Crippen LogP contribution in [0.1, 0.15) is 79.1 Å². The zero-order valence-corrected chi connectivity index (χ0v) is 13.5. The number of aliphatic hydroxyl groups excluding tert-OH is 1. The van der Waals surface area contributed by atoms with E-state index in [0.717, 1.165) is 24.2 Å². The van der Waals surface area contributed by atoms with Gasteiger partial charge >= 0.3 is 0 Å². The van der Waals surface area contributed by atoms with Gasteiger partial charge in [0.25, 0.3) is 0 Å². The molecule has 0 aliphatic heterocycles. The van der Waals surface area contributed by atoms with Crippen LogP contribution in [-0.2, 0) is 0 Å². The second kappa shape index (κ2) is 6.16. The van der Waals surface area contributed by atoms with Crippen LogP contribution in [0.3, 0.4) is 0 Å². The lowest BCUT2D eigenvalue weighted by Gasteiger charge is -2.45. The molecule has 0 amide bonds. The average Bonchev–Trinajstić information content (AvgIpc) is 2.67. The second-order valence-electron chi connectivity index (χ2n) is 8.06. The summed E-state index contributed by atoms with van der Waals surface area (Å²) in [7, 11) is 0. The topological polar surface area (TPSA) is 20.2 Å². The van der Waals surface area contributed by atoms with E-state index in [1.165, 1.54) is 44.9 Å².